The van der Waals surface area contributed by atoms with E-state index in [9.17, 15) is 5.11 Å². The van der Waals surface area contributed by atoms with E-state index >= 15 is 0 Å². The zero-order valence-electron chi connectivity index (χ0n) is 12.9. The number of hydrogen-bond donors (Lipinski definition) is 1. The van der Waals surface area contributed by atoms with Gasteiger partial charge < -0.3 is 9.67 Å². The van der Waals surface area contributed by atoms with Crippen LogP contribution in [0.15, 0.2) is 12.3 Å². The molecule has 0 aromatic carbocycles. The highest BCUT2D eigenvalue weighted by Gasteiger charge is 2.36. The van der Waals surface area contributed by atoms with Crippen LogP contribution in [0.25, 0.3) is 0 Å². The average Bonchev–Trinajstić information content (AvgIpc) is 2.81. The van der Waals surface area contributed by atoms with Crippen LogP contribution in [0.3, 0.4) is 0 Å². The van der Waals surface area contributed by atoms with Crippen molar-refractivity contribution in [2.24, 2.45) is 5.41 Å². The molecule has 2 aliphatic rings. The summed E-state index contributed by atoms with van der Waals surface area (Å²) in [4.78, 5) is 0. The predicted octanol–water partition coefficient (Wildman–Crippen LogP) is 4.34. The minimum Gasteiger partial charge on any atom is -0.388 e. The van der Waals surface area contributed by atoms with Gasteiger partial charge in [-0.05, 0) is 43.4 Å². The second-order valence-electron chi connectivity index (χ2n) is 7.31. The Balaban J connectivity index is 1.95. The molecule has 1 N–H and O–H groups in total. The summed E-state index contributed by atoms with van der Waals surface area (Å²) in [6, 6.07) is 2.80. The largest absolute Gasteiger partial charge is 0.388 e. The second-order valence-corrected chi connectivity index (χ2v) is 8.39. The van der Waals surface area contributed by atoms with Gasteiger partial charge in [-0.25, -0.2) is 0 Å². The molecule has 2 aliphatic carbocycles. The lowest BCUT2D eigenvalue weighted by atomic mass is 9.75. The first-order chi connectivity index (χ1) is 9.52. The van der Waals surface area contributed by atoms with Crippen LogP contribution in [0.5, 0.6) is 0 Å². The summed E-state index contributed by atoms with van der Waals surface area (Å²) in [6.45, 7) is 4.56. The first-order valence-corrected chi connectivity index (χ1v) is 9.21. The molecule has 1 saturated carbocycles. The van der Waals surface area contributed by atoms with E-state index in [2.05, 4.69) is 36.9 Å². The van der Waals surface area contributed by atoms with Gasteiger partial charge in [-0.1, -0.05) is 26.7 Å². The van der Waals surface area contributed by atoms with Crippen molar-refractivity contribution < 1.29 is 5.11 Å². The molecule has 3 unspecified atom stereocenters. The second kappa shape index (κ2) is 5.42. The summed E-state index contributed by atoms with van der Waals surface area (Å²) < 4.78 is 2.51. The first kappa shape index (κ1) is 14.5. The maximum atomic E-state index is 10.4. The predicted molar refractivity (Wildman–Crippen MR) is 86.3 cm³/mol. The van der Waals surface area contributed by atoms with E-state index in [1.54, 1.807) is 0 Å². The normalized spacial score (nSPS) is 32.9. The Morgan fingerprint density at radius 1 is 1.30 bits per heavy atom. The highest BCUT2D eigenvalue weighted by atomic mass is 32.2. The lowest BCUT2D eigenvalue weighted by Gasteiger charge is -2.38. The Labute approximate surface area is 127 Å². The van der Waals surface area contributed by atoms with Crippen molar-refractivity contribution >= 4 is 11.8 Å². The smallest absolute Gasteiger partial charge is 0.0812 e. The lowest BCUT2D eigenvalue weighted by molar-refractivity contribution is 0.0971. The molecular formula is C17H27NOS. The summed E-state index contributed by atoms with van der Waals surface area (Å²) >= 11 is 2.02. The molecule has 3 rings (SSSR count). The van der Waals surface area contributed by atoms with E-state index < -0.39 is 0 Å². The lowest BCUT2D eigenvalue weighted by Crippen LogP contribution is -2.31. The number of aliphatic hydroxyl groups is 1. The molecule has 1 aromatic heterocycles. The molecule has 0 saturated heterocycles. The van der Waals surface area contributed by atoms with Gasteiger partial charge in [-0.3, -0.25) is 0 Å². The Morgan fingerprint density at radius 3 is 2.80 bits per heavy atom. The Morgan fingerprint density at radius 2 is 2.05 bits per heavy atom. The highest BCUT2D eigenvalue weighted by molar-refractivity contribution is 7.99. The van der Waals surface area contributed by atoms with E-state index in [1.807, 2.05) is 11.8 Å². The zero-order chi connectivity index (χ0) is 14.3. The van der Waals surface area contributed by atoms with Crippen molar-refractivity contribution in [3.05, 3.63) is 23.5 Å². The van der Waals surface area contributed by atoms with E-state index in [0.717, 1.165) is 18.1 Å². The molecule has 3 heteroatoms. The maximum absolute atomic E-state index is 10.4. The minimum absolute atomic E-state index is 0.214. The van der Waals surface area contributed by atoms with Crippen LogP contribution < -0.4 is 0 Å². The van der Waals surface area contributed by atoms with Crippen molar-refractivity contribution in [1.82, 2.24) is 4.57 Å². The van der Waals surface area contributed by atoms with Gasteiger partial charge in [0.1, 0.15) is 0 Å². The Bertz CT molecular complexity index is 479. The van der Waals surface area contributed by atoms with Gasteiger partial charge in [0.2, 0.25) is 0 Å². The fourth-order valence-corrected chi connectivity index (χ4v) is 5.12. The van der Waals surface area contributed by atoms with Crippen LogP contribution in [0.1, 0.15) is 69.4 Å². The number of thioether (sulfide) groups is 1. The Kier molecular flexibility index (Phi) is 3.93. The van der Waals surface area contributed by atoms with Crippen LogP contribution >= 0.6 is 11.8 Å². The van der Waals surface area contributed by atoms with E-state index in [0.29, 0.717) is 6.04 Å². The van der Waals surface area contributed by atoms with Crippen LogP contribution in [0, 0.1) is 5.41 Å². The van der Waals surface area contributed by atoms with Gasteiger partial charge in [0.15, 0.2) is 0 Å². The van der Waals surface area contributed by atoms with Crippen molar-refractivity contribution in [3.8, 4) is 0 Å². The number of aromatic nitrogens is 1. The number of nitrogens with zero attached hydrogens (tertiary/aromatic N) is 1. The quantitative estimate of drug-likeness (QED) is 0.877. The monoisotopic (exact) mass is 293 g/mol. The molecule has 1 heterocycles. The SMILES string of the molecule is CSC1CCCCC1n1ccc2c1CC(C)(C)CC2O. The number of aliphatic hydroxyl groups excluding tert-OH is 1. The molecule has 1 aromatic rings. The van der Waals surface area contributed by atoms with Crippen LogP contribution in [-0.2, 0) is 6.42 Å². The molecular weight excluding hydrogens is 266 g/mol. The molecule has 0 spiro atoms. The maximum Gasteiger partial charge on any atom is 0.0812 e. The molecule has 20 heavy (non-hydrogen) atoms. The van der Waals surface area contributed by atoms with E-state index in [4.69, 9.17) is 0 Å². The third-order valence-corrected chi connectivity index (χ3v) is 6.29. The van der Waals surface area contributed by atoms with Crippen molar-refractivity contribution in [2.75, 3.05) is 6.26 Å². The van der Waals surface area contributed by atoms with Crippen molar-refractivity contribution in [1.29, 1.82) is 0 Å². The minimum atomic E-state index is -0.272. The molecule has 1 fully saturated rings. The van der Waals surface area contributed by atoms with Crippen LogP contribution in [0.4, 0.5) is 0 Å². The molecule has 0 aliphatic heterocycles. The summed E-state index contributed by atoms with van der Waals surface area (Å²) in [5.74, 6) is 0. The third-order valence-electron chi connectivity index (χ3n) is 5.14. The average molecular weight is 293 g/mol. The van der Waals surface area contributed by atoms with Crippen molar-refractivity contribution in [3.63, 3.8) is 0 Å². The van der Waals surface area contributed by atoms with Gasteiger partial charge in [-0.2, -0.15) is 11.8 Å². The fraction of sp³-hybridized carbons (Fsp3) is 0.765. The topological polar surface area (TPSA) is 25.2 Å². The molecule has 112 valence electrons. The fourth-order valence-electron chi connectivity index (χ4n) is 4.13. The summed E-state index contributed by atoms with van der Waals surface area (Å²) in [5.41, 5.74) is 2.81. The number of hydrogen-bond acceptors (Lipinski definition) is 2. The standard InChI is InChI=1S/C17H27NOS/c1-17(2)10-14-12(15(19)11-17)8-9-18(14)13-6-4-5-7-16(13)20-3/h8-9,13,15-16,19H,4-7,10-11H2,1-3H3. The molecule has 0 bridgehead atoms. The van der Waals surface area contributed by atoms with Gasteiger partial charge in [0.25, 0.3) is 0 Å². The molecule has 3 atom stereocenters. The first-order valence-electron chi connectivity index (χ1n) is 7.92. The number of rotatable bonds is 2. The van der Waals surface area contributed by atoms with Crippen LogP contribution in [0.2, 0.25) is 0 Å². The van der Waals surface area contributed by atoms with E-state index in [-0.39, 0.29) is 11.5 Å². The molecule has 0 radical (unpaired) electrons. The number of fused-ring (bicyclic) bond motifs is 1. The van der Waals surface area contributed by atoms with Gasteiger partial charge in [-0.15, -0.1) is 0 Å². The molecule has 0 amide bonds. The summed E-state index contributed by atoms with van der Waals surface area (Å²) in [5, 5.41) is 11.2. The Hall–Kier alpha value is -0.410. The highest BCUT2D eigenvalue weighted by Crippen LogP contribution is 2.44. The zero-order valence-corrected chi connectivity index (χ0v) is 13.7. The van der Waals surface area contributed by atoms with Crippen molar-refractivity contribution in [2.45, 2.75) is 69.8 Å². The summed E-state index contributed by atoms with van der Waals surface area (Å²) in [7, 11) is 0. The van der Waals surface area contributed by atoms with Gasteiger partial charge >= 0.3 is 0 Å². The van der Waals surface area contributed by atoms with Gasteiger partial charge in [0.05, 0.1) is 6.10 Å². The summed E-state index contributed by atoms with van der Waals surface area (Å²) in [6.07, 6.45) is 11.6. The van der Waals surface area contributed by atoms with E-state index in [1.165, 1.54) is 36.9 Å². The molecule has 2 nitrogen and oxygen atoms in total. The third kappa shape index (κ3) is 2.55. The van der Waals surface area contributed by atoms with Crippen LogP contribution in [-0.4, -0.2) is 21.2 Å². The van der Waals surface area contributed by atoms with Gasteiger partial charge in [0, 0.05) is 28.7 Å².